The van der Waals surface area contributed by atoms with Crippen molar-refractivity contribution in [2.24, 2.45) is 5.92 Å². The number of nitrogens with zero attached hydrogens (tertiary/aromatic N) is 2. The standard InChI is InChI=1S/C15H19N3O/c1-15(2,12-8-9-12)16-10-13-17-18-14(19-13)11-6-4-3-5-7-11/h3-7,12,16H,8-10H2,1-2H3. The molecule has 0 saturated heterocycles. The molecule has 4 heteroatoms. The molecule has 3 rings (SSSR count). The van der Waals surface area contributed by atoms with Gasteiger partial charge in [-0.1, -0.05) is 18.2 Å². The molecule has 0 spiro atoms. The Labute approximate surface area is 113 Å². The Bertz CT molecular complexity index is 544. The minimum atomic E-state index is 0.154. The molecule has 0 atom stereocenters. The van der Waals surface area contributed by atoms with Gasteiger partial charge >= 0.3 is 0 Å². The largest absolute Gasteiger partial charge is 0.419 e. The van der Waals surface area contributed by atoms with E-state index in [1.807, 2.05) is 30.3 Å². The first-order chi connectivity index (χ1) is 9.15. The van der Waals surface area contributed by atoms with E-state index in [1.165, 1.54) is 12.8 Å². The molecule has 0 unspecified atom stereocenters. The molecule has 1 aromatic carbocycles. The quantitative estimate of drug-likeness (QED) is 0.894. The van der Waals surface area contributed by atoms with E-state index in [-0.39, 0.29) is 5.54 Å². The predicted octanol–water partition coefficient (Wildman–Crippen LogP) is 3.01. The highest BCUT2D eigenvalue weighted by molar-refractivity contribution is 5.51. The zero-order valence-corrected chi connectivity index (χ0v) is 11.4. The molecule has 100 valence electrons. The molecular weight excluding hydrogens is 238 g/mol. The summed E-state index contributed by atoms with van der Waals surface area (Å²) in [7, 11) is 0. The Morgan fingerprint density at radius 1 is 1.21 bits per heavy atom. The van der Waals surface area contributed by atoms with E-state index in [0.29, 0.717) is 18.3 Å². The van der Waals surface area contributed by atoms with Gasteiger partial charge < -0.3 is 9.73 Å². The van der Waals surface area contributed by atoms with Gasteiger partial charge in [-0.2, -0.15) is 0 Å². The van der Waals surface area contributed by atoms with E-state index in [1.54, 1.807) is 0 Å². The fraction of sp³-hybridized carbons (Fsp3) is 0.467. The molecule has 0 amide bonds. The minimum absolute atomic E-state index is 0.154. The van der Waals surface area contributed by atoms with Crippen LogP contribution in [0, 0.1) is 5.92 Å². The molecule has 1 aromatic heterocycles. The first kappa shape index (κ1) is 12.4. The Morgan fingerprint density at radius 3 is 2.63 bits per heavy atom. The summed E-state index contributed by atoms with van der Waals surface area (Å²) < 4.78 is 5.68. The van der Waals surface area contributed by atoms with Gasteiger partial charge in [0.2, 0.25) is 11.8 Å². The third kappa shape index (κ3) is 2.84. The van der Waals surface area contributed by atoms with Gasteiger partial charge in [0.15, 0.2) is 0 Å². The van der Waals surface area contributed by atoms with Crippen molar-refractivity contribution in [1.29, 1.82) is 0 Å². The molecule has 0 radical (unpaired) electrons. The maximum Gasteiger partial charge on any atom is 0.247 e. The average Bonchev–Trinajstić information content (AvgIpc) is 3.18. The molecule has 1 fully saturated rings. The molecule has 2 aromatic rings. The molecule has 0 bridgehead atoms. The van der Waals surface area contributed by atoms with E-state index in [4.69, 9.17) is 4.42 Å². The summed E-state index contributed by atoms with van der Waals surface area (Å²) in [5, 5.41) is 11.7. The smallest absolute Gasteiger partial charge is 0.247 e. The lowest BCUT2D eigenvalue weighted by atomic mass is 9.99. The maximum atomic E-state index is 5.68. The van der Waals surface area contributed by atoms with Crippen LogP contribution in [0.1, 0.15) is 32.6 Å². The highest BCUT2D eigenvalue weighted by Crippen LogP contribution is 2.39. The lowest BCUT2D eigenvalue weighted by molar-refractivity contribution is 0.320. The zero-order valence-electron chi connectivity index (χ0n) is 11.4. The van der Waals surface area contributed by atoms with Crippen LogP contribution in [0.3, 0.4) is 0 Å². The molecular formula is C15H19N3O. The minimum Gasteiger partial charge on any atom is -0.419 e. The molecule has 0 aliphatic heterocycles. The van der Waals surface area contributed by atoms with Gasteiger partial charge in [0.05, 0.1) is 6.54 Å². The van der Waals surface area contributed by atoms with Crippen LogP contribution in [-0.4, -0.2) is 15.7 Å². The van der Waals surface area contributed by atoms with Crippen molar-refractivity contribution in [2.45, 2.75) is 38.8 Å². The Morgan fingerprint density at radius 2 is 1.95 bits per heavy atom. The summed E-state index contributed by atoms with van der Waals surface area (Å²) in [6, 6.07) is 9.85. The third-order valence-electron chi connectivity index (χ3n) is 3.78. The lowest BCUT2D eigenvalue weighted by Crippen LogP contribution is -2.40. The maximum absolute atomic E-state index is 5.68. The molecule has 19 heavy (non-hydrogen) atoms. The Kier molecular flexibility index (Phi) is 3.11. The molecule has 1 aliphatic carbocycles. The number of rotatable bonds is 5. The fourth-order valence-electron chi connectivity index (χ4n) is 2.28. The first-order valence-corrected chi connectivity index (χ1v) is 6.78. The van der Waals surface area contributed by atoms with Crippen LogP contribution in [0.4, 0.5) is 0 Å². The number of benzene rings is 1. The average molecular weight is 257 g/mol. The normalized spacial score (nSPS) is 15.7. The second-order valence-electron chi connectivity index (χ2n) is 5.72. The second-order valence-corrected chi connectivity index (χ2v) is 5.72. The van der Waals surface area contributed by atoms with Gasteiger partial charge in [-0.05, 0) is 44.7 Å². The fourth-order valence-corrected chi connectivity index (χ4v) is 2.28. The summed E-state index contributed by atoms with van der Waals surface area (Å²) in [6.45, 7) is 5.10. The van der Waals surface area contributed by atoms with Crippen LogP contribution < -0.4 is 5.32 Å². The van der Waals surface area contributed by atoms with Crippen LogP contribution in [0.2, 0.25) is 0 Å². The van der Waals surface area contributed by atoms with E-state index >= 15 is 0 Å². The zero-order chi connectivity index (χ0) is 13.3. The number of hydrogen-bond acceptors (Lipinski definition) is 4. The molecule has 1 saturated carbocycles. The third-order valence-corrected chi connectivity index (χ3v) is 3.78. The summed E-state index contributed by atoms with van der Waals surface area (Å²) in [5.41, 5.74) is 1.11. The monoisotopic (exact) mass is 257 g/mol. The van der Waals surface area contributed by atoms with E-state index in [0.717, 1.165) is 11.5 Å². The highest BCUT2D eigenvalue weighted by Gasteiger charge is 2.37. The van der Waals surface area contributed by atoms with Crippen molar-refractivity contribution in [3.8, 4) is 11.5 Å². The summed E-state index contributed by atoms with van der Waals surface area (Å²) in [4.78, 5) is 0. The predicted molar refractivity (Wildman–Crippen MR) is 73.4 cm³/mol. The Balaban J connectivity index is 1.65. The van der Waals surface area contributed by atoms with Crippen molar-refractivity contribution < 1.29 is 4.42 Å². The molecule has 1 aliphatic rings. The summed E-state index contributed by atoms with van der Waals surface area (Å²) >= 11 is 0. The van der Waals surface area contributed by atoms with Crippen LogP contribution >= 0.6 is 0 Å². The second kappa shape index (κ2) is 4.78. The Hall–Kier alpha value is -1.68. The number of hydrogen-bond donors (Lipinski definition) is 1. The van der Waals surface area contributed by atoms with Gasteiger partial charge in [-0.25, -0.2) is 0 Å². The van der Waals surface area contributed by atoms with E-state index in [2.05, 4.69) is 29.4 Å². The van der Waals surface area contributed by atoms with Crippen molar-refractivity contribution >= 4 is 0 Å². The van der Waals surface area contributed by atoms with Gasteiger partial charge in [0, 0.05) is 11.1 Å². The molecule has 1 heterocycles. The van der Waals surface area contributed by atoms with Gasteiger partial charge in [0.1, 0.15) is 0 Å². The van der Waals surface area contributed by atoms with Crippen LogP contribution in [0.25, 0.3) is 11.5 Å². The van der Waals surface area contributed by atoms with Gasteiger partial charge in [0.25, 0.3) is 0 Å². The van der Waals surface area contributed by atoms with Gasteiger partial charge in [-0.15, -0.1) is 10.2 Å². The lowest BCUT2D eigenvalue weighted by Gasteiger charge is -2.25. The highest BCUT2D eigenvalue weighted by atomic mass is 16.4. The SMILES string of the molecule is CC(C)(NCc1nnc(-c2ccccc2)o1)C1CC1. The van der Waals surface area contributed by atoms with Crippen molar-refractivity contribution in [3.63, 3.8) is 0 Å². The van der Waals surface area contributed by atoms with Crippen molar-refractivity contribution in [2.75, 3.05) is 0 Å². The molecule has 4 nitrogen and oxygen atoms in total. The van der Waals surface area contributed by atoms with Gasteiger partial charge in [-0.3, -0.25) is 0 Å². The summed E-state index contributed by atoms with van der Waals surface area (Å²) in [6.07, 6.45) is 2.64. The first-order valence-electron chi connectivity index (χ1n) is 6.78. The topological polar surface area (TPSA) is 51.0 Å². The van der Waals surface area contributed by atoms with Crippen molar-refractivity contribution in [1.82, 2.24) is 15.5 Å². The molecule has 1 N–H and O–H groups in total. The number of nitrogens with one attached hydrogen (secondary N) is 1. The van der Waals surface area contributed by atoms with Crippen LogP contribution in [-0.2, 0) is 6.54 Å². The summed E-state index contributed by atoms with van der Waals surface area (Å²) in [5.74, 6) is 2.01. The van der Waals surface area contributed by atoms with Crippen molar-refractivity contribution in [3.05, 3.63) is 36.2 Å². The van der Waals surface area contributed by atoms with Crippen LogP contribution in [0.15, 0.2) is 34.7 Å². The van der Waals surface area contributed by atoms with E-state index < -0.39 is 0 Å². The van der Waals surface area contributed by atoms with Crippen LogP contribution in [0.5, 0.6) is 0 Å². The number of aromatic nitrogens is 2. The van der Waals surface area contributed by atoms with E-state index in [9.17, 15) is 0 Å².